The van der Waals surface area contributed by atoms with Crippen molar-refractivity contribution in [1.29, 1.82) is 0 Å². The second kappa shape index (κ2) is 18.5. The third kappa shape index (κ3) is 17.5. The van der Waals surface area contributed by atoms with Crippen LogP contribution in [-0.4, -0.2) is 22.8 Å². The summed E-state index contributed by atoms with van der Waals surface area (Å²) >= 11 is 0. The molecule has 0 aliphatic carbocycles. The first kappa shape index (κ1) is 23.2. The summed E-state index contributed by atoms with van der Waals surface area (Å²) in [6, 6.07) is 0. The summed E-state index contributed by atoms with van der Waals surface area (Å²) in [5.74, 6) is -0.969. The highest BCUT2D eigenvalue weighted by molar-refractivity contribution is 5.69. The van der Waals surface area contributed by atoms with Crippen LogP contribution < -0.4 is 0 Å². The molecule has 0 radical (unpaired) electrons. The Morgan fingerprint density at radius 2 is 1.17 bits per heavy atom. The minimum absolute atomic E-state index is 0.262. The highest BCUT2D eigenvalue weighted by Crippen LogP contribution is 2.13. The van der Waals surface area contributed by atoms with Gasteiger partial charge in [-0.1, -0.05) is 89.7 Å². The first-order chi connectivity index (χ1) is 11.7. The van der Waals surface area contributed by atoms with Crippen molar-refractivity contribution < 1.29 is 15.0 Å². The standard InChI is InChI=1S/C21H40O3/c1-20(21(23)24)18-16-14-12-10-8-6-4-2-3-5-7-9-11-13-15-17-19-22/h14,16,20,22H,2-13,15,17-19H2,1H3,(H,23,24). The van der Waals surface area contributed by atoms with Gasteiger partial charge in [0.1, 0.15) is 0 Å². The van der Waals surface area contributed by atoms with Crippen LogP contribution in [0.25, 0.3) is 0 Å². The molecule has 0 saturated carbocycles. The van der Waals surface area contributed by atoms with Gasteiger partial charge in [-0.3, -0.25) is 4.79 Å². The van der Waals surface area contributed by atoms with Gasteiger partial charge < -0.3 is 10.2 Å². The van der Waals surface area contributed by atoms with Crippen molar-refractivity contribution >= 4 is 5.97 Å². The van der Waals surface area contributed by atoms with Crippen LogP contribution in [0.4, 0.5) is 0 Å². The third-order valence-electron chi connectivity index (χ3n) is 4.61. The van der Waals surface area contributed by atoms with Crippen molar-refractivity contribution in [2.24, 2.45) is 5.92 Å². The van der Waals surface area contributed by atoms with Gasteiger partial charge in [0.15, 0.2) is 0 Å². The number of carbonyl (C=O) groups is 1. The molecule has 0 aliphatic heterocycles. The van der Waals surface area contributed by atoms with Crippen LogP contribution in [0.1, 0.15) is 103 Å². The van der Waals surface area contributed by atoms with E-state index in [1.54, 1.807) is 6.92 Å². The Bertz CT molecular complexity index is 299. The van der Waals surface area contributed by atoms with Gasteiger partial charge >= 0.3 is 5.97 Å². The fraction of sp³-hybridized carbons (Fsp3) is 0.857. The molecule has 0 spiro atoms. The molecule has 1 atom stereocenters. The molecule has 3 nitrogen and oxygen atoms in total. The van der Waals surface area contributed by atoms with Gasteiger partial charge in [-0.25, -0.2) is 0 Å². The third-order valence-corrected chi connectivity index (χ3v) is 4.61. The van der Waals surface area contributed by atoms with E-state index in [0.29, 0.717) is 13.0 Å². The molecule has 0 heterocycles. The maximum atomic E-state index is 10.7. The van der Waals surface area contributed by atoms with E-state index in [1.165, 1.54) is 77.0 Å². The number of hydrogen-bond donors (Lipinski definition) is 2. The maximum Gasteiger partial charge on any atom is 0.306 e. The summed E-state index contributed by atoms with van der Waals surface area (Å²) in [4.78, 5) is 10.7. The molecule has 0 rings (SSSR count). The average Bonchev–Trinajstić information content (AvgIpc) is 2.57. The quantitative estimate of drug-likeness (QED) is 0.234. The maximum absolute atomic E-state index is 10.7. The summed E-state index contributed by atoms with van der Waals surface area (Å²) in [7, 11) is 0. The minimum Gasteiger partial charge on any atom is -0.481 e. The van der Waals surface area contributed by atoms with Crippen LogP contribution >= 0.6 is 0 Å². The number of aliphatic hydroxyl groups excluding tert-OH is 1. The van der Waals surface area contributed by atoms with Gasteiger partial charge in [-0.15, -0.1) is 0 Å². The highest BCUT2D eigenvalue weighted by atomic mass is 16.4. The van der Waals surface area contributed by atoms with Crippen molar-refractivity contribution in [2.75, 3.05) is 6.61 Å². The normalized spacial score (nSPS) is 12.8. The molecule has 0 saturated heterocycles. The number of hydrogen-bond acceptors (Lipinski definition) is 2. The number of unbranched alkanes of at least 4 members (excludes halogenated alkanes) is 13. The van der Waals surface area contributed by atoms with Gasteiger partial charge in [-0.05, 0) is 25.7 Å². The average molecular weight is 341 g/mol. The monoisotopic (exact) mass is 340 g/mol. The van der Waals surface area contributed by atoms with Crippen molar-refractivity contribution in [1.82, 2.24) is 0 Å². The lowest BCUT2D eigenvalue weighted by atomic mass is 10.0. The Kier molecular flexibility index (Phi) is 17.9. The van der Waals surface area contributed by atoms with Crippen molar-refractivity contribution in [3.05, 3.63) is 12.2 Å². The fourth-order valence-corrected chi connectivity index (χ4v) is 2.84. The molecule has 0 aromatic rings. The molecule has 1 unspecified atom stereocenters. The molecule has 24 heavy (non-hydrogen) atoms. The van der Waals surface area contributed by atoms with Crippen molar-refractivity contribution in [2.45, 2.75) is 103 Å². The van der Waals surface area contributed by atoms with Crippen molar-refractivity contribution in [3.8, 4) is 0 Å². The second-order valence-corrected chi connectivity index (χ2v) is 7.05. The van der Waals surface area contributed by atoms with Crippen molar-refractivity contribution in [3.63, 3.8) is 0 Å². The van der Waals surface area contributed by atoms with Crippen LogP contribution in [0, 0.1) is 5.92 Å². The van der Waals surface area contributed by atoms with E-state index < -0.39 is 5.97 Å². The lowest BCUT2D eigenvalue weighted by Gasteiger charge is -2.03. The van der Waals surface area contributed by atoms with Crippen LogP contribution in [0.3, 0.4) is 0 Å². The molecule has 0 aliphatic rings. The van der Waals surface area contributed by atoms with E-state index in [1.807, 2.05) is 6.08 Å². The molecule has 0 amide bonds. The van der Waals surface area contributed by atoms with E-state index in [9.17, 15) is 4.79 Å². The molecular weight excluding hydrogens is 300 g/mol. The van der Waals surface area contributed by atoms with Crippen LogP contribution in [0.5, 0.6) is 0 Å². The summed E-state index contributed by atoms with van der Waals surface area (Å²) in [5.41, 5.74) is 0. The first-order valence-electron chi connectivity index (χ1n) is 10.2. The zero-order chi connectivity index (χ0) is 17.9. The summed E-state index contributed by atoms with van der Waals surface area (Å²) in [5, 5.41) is 17.5. The number of rotatable bonds is 18. The summed E-state index contributed by atoms with van der Waals surface area (Å²) in [6.07, 6.45) is 22.7. The Morgan fingerprint density at radius 3 is 1.58 bits per heavy atom. The molecule has 3 heteroatoms. The Hall–Kier alpha value is -0.830. The smallest absolute Gasteiger partial charge is 0.306 e. The van der Waals surface area contributed by atoms with E-state index in [-0.39, 0.29) is 5.92 Å². The van der Waals surface area contributed by atoms with E-state index in [4.69, 9.17) is 10.2 Å². The van der Waals surface area contributed by atoms with E-state index in [0.717, 1.165) is 12.8 Å². The molecule has 0 aromatic carbocycles. The lowest BCUT2D eigenvalue weighted by Crippen LogP contribution is -2.07. The number of carboxylic acid groups (broad SMARTS) is 1. The van der Waals surface area contributed by atoms with E-state index in [2.05, 4.69) is 6.08 Å². The van der Waals surface area contributed by atoms with Crippen LogP contribution in [0.2, 0.25) is 0 Å². The predicted octanol–water partition coefficient (Wildman–Crippen LogP) is 6.11. The minimum atomic E-state index is -0.707. The highest BCUT2D eigenvalue weighted by Gasteiger charge is 2.07. The molecule has 0 fully saturated rings. The Morgan fingerprint density at radius 1 is 0.750 bits per heavy atom. The van der Waals surface area contributed by atoms with Gasteiger partial charge in [0.2, 0.25) is 0 Å². The first-order valence-corrected chi connectivity index (χ1v) is 10.2. The zero-order valence-electron chi connectivity index (χ0n) is 15.8. The Labute approximate surface area is 149 Å². The SMILES string of the molecule is CC(CC=CCCCCCCCCCCCCCCCO)C(=O)O. The Balaban J connectivity index is 3.12. The van der Waals surface area contributed by atoms with Crippen LogP contribution in [0.15, 0.2) is 12.2 Å². The fourth-order valence-electron chi connectivity index (χ4n) is 2.84. The van der Waals surface area contributed by atoms with Gasteiger partial charge in [-0.2, -0.15) is 0 Å². The largest absolute Gasteiger partial charge is 0.481 e. The van der Waals surface area contributed by atoms with Crippen LogP contribution in [-0.2, 0) is 4.79 Å². The molecule has 2 N–H and O–H groups in total. The summed E-state index contributed by atoms with van der Waals surface area (Å²) < 4.78 is 0. The van der Waals surface area contributed by atoms with Gasteiger partial charge in [0, 0.05) is 6.61 Å². The number of aliphatic hydroxyl groups is 1. The topological polar surface area (TPSA) is 57.5 Å². The van der Waals surface area contributed by atoms with Gasteiger partial charge in [0.25, 0.3) is 0 Å². The van der Waals surface area contributed by atoms with E-state index >= 15 is 0 Å². The van der Waals surface area contributed by atoms with Gasteiger partial charge in [0.05, 0.1) is 5.92 Å². The number of carboxylic acids is 1. The molecule has 142 valence electrons. The molecule has 0 bridgehead atoms. The lowest BCUT2D eigenvalue weighted by molar-refractivity contribution is -0.140. The molecular formula is C21H40O3. The number of aliphatic carboxylic acids is 1. The zero-order valence-corrected chi connectivity index (χ0v) is 15.8. The summed E-state index contributed by atoms with van der Waals surface area (Å²) in [6.45, 7) is 2.10. The second-order valence-electron chi connectivity index (χ2n) is 7.05. The molecule has 0 aromatic heterocycles. The number of allylic oxidation sites excluding steroid dienone is 2. The predicted molar refractivity (Wildman–Crippen MR) is 102 cm³/mol.